The SMILES string of the molecule is c1cc2ccc3cccc4c5cc(-c6cnc(-c7cn8cccnc8n7)cn6)cc6ccc7cccc(c(c1)c2c34)c7c65. The minimum atomic E-state index is 0.640. The maximum Gasteiger partial charge on any atom is 0.234 e. The summed E-state index contributed by atoms with van der Waals surface area (Å²) < 4.78 is 1.89. The van der Waals surface area contributed by atoms with E-state index >= 15 is 0 Å². The lowest BCUT2D eigenvalue weighted by atomic mass is 9.87. The molecule has 10 aromatic rings. The number of nitrogens with zero attached hydrogens (tertiary/aromatic N) is 5. The number of rotatable bonds is 2. The highest BCUT2D eigenvalue weighted by Crippen LogP contribution is 2.44. The molecule has 0 fully saturated rings. The van der Waals surface area contributed by atoms with Crippen molar-refractivity contribution in [3.05, 3.63) is 128 Å². The average Bonchev–Trinajstić information content (AvgIpc) is 3.51. The van der Waals surface area contributed by atoms with Crippen molar-refractivity contribution >= 4 is 70.4 Å². The van der Waals surface area contributed by atoms with Crippen molar-refractivity contribution in [2.75, 3.05) is 0 Å². The highest BCUT2D eigenvalue weighted by molar-refractivity contribution is 6.37. The number of fused-ring (bicyclic) bond motifs is 3. The molecule has 10 rings (SSSR count). The third kappa shape index (κ3) is 3.16. The molecule has 7 aromatic carbocycles. The Morgan fingerprint density at radius 1 is 0.465 bits per heavy atom. The molecule has 0 bridgehead atoms. The van der Waals surface area contributed by atoms with Crippen LogP contribution >= 0.6 is 0 Å². The largest absolute Gasteiger partial charge is 0.290 e. The van der Waals surface area contributed by atoms with Gasteiger partial charge in [-0.1, -0.05) is 78.9 Å². The van der Waals surface area contributed by atoms with Gasteiger partial charge in [-0.2, -0.15) is 0 Å². The molecule has 3 heterocycles. The Morgan fingerprint density at radius 2 is 1.05 bits per heavy atom. The first-order chi connectivity index (χ1) is 21.3. The van der Waals surface area contributed by atoms with E-state index < -0.39 is 0 Å². The van der Waals surface area contributed by atoms with E-state index in [1.54, 1.807) is 12.4 Å². The summed E-state index contributed by atoms with van der Waals surface area (Å²) in [6.45, 7) is 0. The van der Waals surface area contributed by atoms with Crippen LogP contribution in [0.25, 0.3) is 93.1 Å². The van der Waals surface area contributed by atoms with Crippen LogP contribution in [-0.4, -0.2) is 24.3 Å². The first-order valence-corrected chi connectivity index (χ1v) is 14.4. The standard InChI is InChI=1S/C38H21N5/c1-5-22-11-12-23-7-3-10-29-30-18-26(31-19-41-32(20-40-31)33-21-43-16-4-15-39-38(43)42-33)17-25-14-13-24-6-2-9-28(35(24)37(25)30)27(8-1)34(22)36(23)29/h1-21H. The lowest BCUT2D eigenvalue weighted by Gasteiger charge is -2.16. The topological polar surface area (TPSA) is 56.0 Å². The van der Waals surface area contributed by atoms with Gasteiger partial charge < -0.3 is 0 Å². The van der Waals surface area contributed by atoms with Gasteiger partial charge in [0.05, 0.1) is 18.1 Å². The summed E-state index contributed by atoms with van der Waals surface area (Å²) >= 11 is 0. The van der Waals surface area contributed by atoms with Crippen molar-refractivity contribution < 1.29 is 0 Å². The van der Waals surface area contributed by atoms with E-state index in [2.05, 4.69) is 101 Å². The highest BCUT2D eigenvalue weighted by atomic mass is 15.1. The Bertz CT molecular complexity index is 2680. The number of hydrogen-bond donors (Lipinski definition) is 0. The van der Waals surface area contributed by atoms with Gasteiger partial charge in [-0.05, 0) is 82.8 Å². The van der Waals surface area contributed by atoms with E-state index in [4.69, 9.17) is 9.97 Å². The van der Waals surface area contributed by atoms with Crippen LogP contribution in [0.1, 0.15) is 0 Å². The first-order valence-electron chi connectivity index (χ1n) is 14.4. The van der Waals surface area contributed by atoms with Crippen LogP contribution in [0.4, 0.5) is 0 Å². The Morgan fingerprint density at radius 3 is 1.67 bits per heavy atom. The minimum absolute atomic E-state index is 0.640. The molecule has 0 unspecified atom stereocenters. The van der Waals surface area contributed by atoms with E-state index in [0.29, 0.717) is 11.5 Å². The molecule has 0 atom stereocenters. The van der Waals surface area contributed by atoms with Gasteiger partial charge in [-0.3, -0.25) is 14.4 Å². The van der Waals surface area contributed by atoms with Crippen LogP contribution in [0.5, 0.6) is 0 Å². The van der Waals surface area contributed by atoms with Gasteiger partial charge in [0.25, 0.3) is 0 Å². The fraction of sp³-hybridized carbons (Fsp3) is 0. The summed E-state index contributed by atoms with van der Waals surface area (Å²) in [7, 11) is 0. The van der Waals surface area contributed by atoms with Crippen molar-refractivity contribution in [2.45, 2.75) is 0 Å². The summed E-state index contributed by atoms with van der Waals surface area (Å²) in [6.07, 6.45) is 9.26. The number of benzene rings is 6. The summed E-state index contributed by atoms with van der Waals surface area (Å²) in [5.41, 5.74) is 3.32. The number of aromatic nitrogens is 5. The van der Waals surface area contributed by atoms with Crippen molar-refractivity contribution in [3.63, 3.8) is 0 Å². The maximum absolute atomic E-state index is 4.89. The highest BCUT2D eigenvalue weighted by Gasteiger charge is 2.17. The predicted molar refractivity (Wildman–Crippen MR) is 176 cm³/mol. The minimum Gasteiger partial charge on any atom is -0.290 e. The van der Waals surface area contributed by atoms with Crippen LogP contribution in [0.3, 0.4) is 0 Å². The zero-order valence-corrected chi connectivity index (χ0v) is 22.9. The lowest BCUT2D eigenvalue weighted by molar-refractivity contribution is 1.11. The molecular weight excluding hydrogens is 526 g/mol. The molecular formula is C38H21N5. The predicted octanol–water partition coefficient (Wildman–Crippen LogP) is 9.21. The quantitative estimate of drug-likeness (QED) is 0.202. The van der Waals surface area contributed by atoms with E-state index in [9.17, 15) is 0 Å². The second kappa shape index (κ2) is 8.30. The summed E-state index contributed by atoms with van der Waals surface area (Å²) in [6, 6.07) is 35.5. The molecule has 5 heteroatoms. The third-order valence-corrected chi connectivity index (χ3v) is 8.87. The molecule has 0 radical (unpaired) electrons. The maximum atomic E-state index is 4.89. The zero-order chi connectivity index (χ0) is 28.1. The molecule has 0 saturated carbocycles. The summed E-state index contributed by atoms with van der Waals surface area (Å²) in [5.74, 6) is 0.640. The van der Waals surface area contributed by atoms with Crippen LogP contribution in [0, 0.1) is 0 Å². The molecule has 0 spiro atoms. The van der Waals surface area contributed by atoms with Crippen molar-refractivity contribution in [1.29, 1.82) is 0 Å². The second-order valence-corrected chi connectivity index (χ2v) is 11.2. The second-order valence-electron chi connectivity index (χ2n) is 11.2. The van der Waals surface area contributed by atoms with Crippen LogP contribution in [0.2, 0.25) is 0 Å². The Kier molecular flexibility index (Phi) is 4.39. The van der Waals surface area contributed by atoms with E-state index in [-0.39, 0.29) is 0 Å². The molecule has 0 amide bonds. The van der Waals surface area contributed by atoms with Crippen molar-refractivity contribution in [3.8, 4) is 22.6 Å². The van der Waals surface area contributed by atoms with Gasteiger partial charge >= 0.3 is 0 Å². The van der Waals surface area contributed by atoms with Crippen LogP contribution in [0.15, 0.2) is 128 Å². The van der Waals surface area contributed by atoms with E-state index in [0.717, 1.165) is 17.0 Å². The average molecular weight is 548 g/mol. The Balaban J connectivity index is 1.31. The van der Waals surface area contributed by atoms with Crippen molar-refractivity contribution in [1.82, 2.24) is 24.3 Å². The third-order valence-electron chi connectivity index (χ3n) is 8.87. The Labute approximate surface area is 245 Å². The molecule has 5 nitrogen and oxygen atoms in total. The zero-order valence-electron chi connectivity index (χ0n) is 22.9. The van der Waals surface area contributed by atoms with Gasteiger partial charge in [-0.25, -0.2) is 9.97 Å². The summed E-state index contributed by atoms with van der Waals surface area (Å²) in [5, 5.41) is 15.1. The van der Waals surface area contributed by atoms with Gasteiger partial charge in [0.2, 0.25) is 5.78 Å². The fourth-order valence-electron chi connectivity index (χ4n) is 6.99. The van der Waals surface area contributed by atoms with E-state index in [1.165, 1.54) is 64.6 Å². The number of imidazole rings is 1. The molecule has 0 N–H and O–H groups in total. The van der Waals surface area contributed by atoms with Gasteiger partial charge in [-0.15, -0.1) is 0 Å². The molecule has 0 aliphatic rings. The normalized spacial score (nSPS) is 12.2. The van der Waals surface area contributed by atoms with Crippen molar-refractivity contribution in [2.24, 2.45) is 0 Å². The van der Waals surface area contributed by atoms with Crippen LogP contribution in [-0.2, 0) is 0 Å². The lowest BCUT2D eigenvalue weighted by Crippen LogP contribution is -1.92. The van der Waals surface area contributed by atoms with Gasteiger partial charge in [0.1, 0.15) is 11.4 Å². The first kappa shape index (κ1) is 22.7. The summed E-state index contributed by atoms with van der Waals surface area (Å²) in [4.78, 5) is 18.6. The smallest absolute Gasteiger partial charge is 0.234 e. The van der Waals surface area contributed by atoms with E-state index in [1.807, 2.05) is 29.1 Å². The monoisotopic (exact) mass is 547 g/mol. The Hall–Kier alpha value is -5.94. The molecule has 0 aliphatic carbocycles. The van der Waals surface area contributed by atoms with Gasteiger partial charge in [0, 0.05) is 24.2 Å². The fourth-order valence-corrected chi connectivity index (χ4v) is 6.99. The molecule has 43 heavy (non-hydrogen) atoms. The molecule has 3 aromatic heterocycles. The molecule has 0 aliphatic heterocycles. The van der Waals surface area contributed by atoms with Gasteiger partial charge in [0.15, 0.2) is 0 Å². The van der Waals surface area contributed by atoms with Crippen LogP contribution < -0.4 is 0 Å². The number of hydrogen-bond acceptors (Lipinski definition) is 4. The molecule has 0 saturated heterocycles. The molecule has 198 valence electrons.